The van der Waals surface area contributed by atoms with Gasteiger partial charge in [0.05, 0.1) is 0 Å². The molecule has 1 aliphatic rings. The van der Waals surface area contributed by atoms with Gasteiger partial charge < -0.3 is 0 Å². The molecule has 0 saturated heterocycles. The van der Waals surface area contributed by atoms with Crippen LogP contribution in [0, 0.1) is 0 Å². The minimum Gasteiger partial charge on any atom is -0.246 e. The van der Waals surface area contributed by atoms with Crippen molar-refractivity contribution >= 4 is 11.8 Å². The Bertz CT molecular complexity index is 149. The van der Waals surface area contributed by atoms with Crippen molar-refractivity contribution in [1.29, 1.82) is 0 Å². The number of thioether (sulfide) groups is 1. The van der Waals surface area contributed by atoms with Crippen molar-refractivity contribution in [2.24, 2.45) is 0 Å². The van der Waals surface area contributed by atoms with Crippen LogP contribution in [0.4, 0.5) is 4.39 Å². The topological polar surface area (TPSA) is 0 Å². The lowest BCUT2D eigenvalue weighted by atomic mass is 10.00. The lowest BCUT2D eigenvalue weighted by Gasteiger charge is -2.19. The Hall–Kier alpha value is 0.280. The largest absolute Gasteiger partial charge is 0.246 e. The summed E-state index contributed by atoms with van der Waals surface area (Å²) in [6.07, 6.45) is 13.7. The molecule has 0 bridgehead atoms. The molecule has 0 aromatic carbocycles. The molecule has 0 nitrogen and oxygen atoms in total. The molecule has 1 rings (SSSR count). The fraction of sp³-hybridized carbons (Fsp3) is 1.00. The van der Waals surface area contributed by atoms with E-state index in [2.05, 4.69) is 6.26 Å². The molecule has 0 unspecified atom stereocenters. The molecule has 15 heavy (non-hydrogen) atoms. The highest BCUT2D eigenvalue weighted by Gasteiger charge is 2.19. The Labute approximate surface area is 98.4 Å². The van der Waals surface area contributed by atoms with E-state index >= 15 is 0 Å². The van der Waals surface area contributed by atoms with Gasteiger partial charge in [0.15, 0.2) is 0 Å². The van der Waals surface area contributed by atoms with Crippen molar-refractivity contribution in [3.63, 3.8) is 0 Å². The van der Waals surface area contributed by atoms with Crippen molar-refractivity contribution < 1.29 is 4.39 Å². The van der Waals surface area contributed by atoms with Crippen LogP contribution in [0.25, 0.3) is 0 Å². The van der Waals surface area contributed by atoms with Crippen LogP contribution in [-0.4, -0.2) is 17.7 Å². The predicted octanol–water partition coefficient (Wildman–Crippen LogP) is 4.97. The maximum atomic E-state index is 13.8. The van der Waals surface area contributed by atoms with Gasteiger partial charge in [-0.1, -0.05) is 51.4 Å². The molecule has 0 heterocycles. The first-order valence-electron chi connectivity index (χ1n) is 6.51. The van der Waals surface area contributed by atoms with E-state index in [0.29, 0.717) is 0 Å². The summed E-state index contributed by atoms with van der Waals surface area (Å²) in [5.41, 5.74) is 0. The zero-order valence-corrected chi connectivity index (χ0v) is 10.8. The van der Waals surface area contributed by atoms with Crippen LogP contribution < -0.4 is 0 Å². The Balaban J connectivity index is 2.30. The lowest BCUT2D eigenvalue weighted by molar-refractivity contribution is 0.285. The maximum Gasteiger partial charge on any atom is 0.112 e. The zero-order chi connectivity index (χ0) is 10.9. The molecule has 1 saturated carbocycles. The summed E-state index contributed by atoms with van der Waals surface area (Å²) in [5.74, 6) is 0. The number of hydrogen-bond donors (Lipinski definition) is 0. The maximum absolute atomic E-state index is 13.8. The van der Waals surface area contributed by atoms with Crippen molar-refractivity contribution in [2.45, 2.75) is 75.6 Å². The second kappa shape index (κ2) is 8.43. The number of rotatable bonds is 1. The highest BCUT2D eigenvalue weighted by atomic mass is 32.2. The molecule has 90 valence electrons. The molecular formula is C13H25FS. The van der Waals surface area contributed by atoms with Crippen LogP contribution in [0.15, 0.2) is 0 Å². The fourth-order valence-corrected chi connectivity index (χ4v) is 3.21. The summed E-state index contributed by atoms with van der Waals surface area (Å²) in [5, 5.41) is 0.268. The van der Waals surface area contributed by atoms with E-state index in [-0.39, 0.29) is 5.25 Å². The van der Waals surface area contributed by atoms with Gasteiger partial charge >= 0.3 is 0 Å². The first-order valence-corrected chi connectivity index (χ1v) is 7.80. The second-order valence-corrected chi connectivity index (χ2v) is 5.77. The summed E-state index contributed by atoms with van der Waals surface area (Å²) >= 11 is 1.73. The third kappa shape index (κ3) is 5.79. The summed E-state index contributed by atoms with van der Waals surface area (Å²) < 4.78 is 13.8. The molecule has 0 N–H and O–H groups in total. The molecule has 1 fully saturated rings. The first-order chi connectivity index (χ1) is 7.34. The summed E-state index contributed by atoms with van der Waals surface area (Å²) in [7, 11) is 0. The smallest absolute Gasteiger partial charge is 0.112 e. The van der Waals surface area contributed by atoms with E-state index in [1.807, 2.05) is 0 Å². The minimum absolute atomic E-state index is 0.268. The van der Waals surface area contributed by atoms with E-state index in [1.54, 1.807) is 11.8 Å². The molecule has 0 aromatic heterocycles. The molecule has 0 spiro atoms. The molecule has 0 aliphatic heterocycles. The Kier molecular flexibility index (Phi) is 7.50. The third-order valence-corrected chi connectivity index (χ3v) is 4.56. The van der Waals surface area contributed by atoms with Gasteiger partial charge in [-0.05, 0) is 19.1 Å². The van der Waals surface area contributed by atoms with Gasteiger partial charge in [-0.2, -0.15) is 11.8 Å². The SMILES string of the molecule is CS[C@H]1CCCCCCCCCC[C@H]1F. The predicted molar refractivity (Wildman–Crippen MR) is 68.4 cm³/mol. The number of halogens is 1. The molecule has 1 aliphatic carbocycles. The van der Waals surface area contributed by atoms with Crippen molar-refractivity contribution in [1.82, 2.24) is 0 Å². The van der Waals surface area contributed by atoms with Crippen LogP contribution in [0.2, 0.25) is 0 Å². The molecule has 2 heteroatoms. The van der Waals surface area contributed by atoms with E-state index in [0.717, 1.165) is 19.3 Å². The standard InChI is InChI=1S/C13H25FS/c1-15-13-11-9-7-5-3-2-4-6-8-10-12(13)14/h12-13H,2-11H2,1H3/t12-,13+/m1/s1. The Morgan fingerprint density at radius 1 is 0.800 bits per heavy atom. The molecule has 0 aromatic rings. The van der Waals surface area contributed by atoms with Crippen LogP contribution in [-0.2, 0) is 0 Å². The van der Waals surface area contributed by atoms with E-state index in [9.17, 15) is 4.39 Å². The van der Waals surface area contributed by atoms with Crippen LogP contribution in [0.5, 0.6) is 0 Å². The normalized spacial score (nSPS) is 31.6. The van der Waals surface area contributed by atoms with Gasteiger partial charge in [0.1, 0.15) is 6.17 Å². The molecule has 0 radical (unpaired) electrons. The van der Waals surface area contributed by atoms with Crippen LogP contribution >= 0.6 is 11.8 Å². The highest BCUT2D eigenvalue weighted by molar-refractivity contribution is 7.99. The van der Waals surface area contributed by atoms with E-state index in [1.165, 1.54) is 44.9 Å². The number of hydrogen-bond acceptors (Lipinski definition) is 1. The third-order valence-electron chi connectivity index (χ3n) is 3.42. The van der Waals surface area contributed by atoms with Crippen LogP contribution in [0.3, 0.4) is 0 Å². The molecule has 0 amide bonds. The van der Waals surface area contributed by atoms with Gasteiger partial charge in [-0.3, -0.25) is 0 Å². The number of alkyl halides is 1. The zero-order valence-electron chi connectivity index (χ0n) is 10.0. The van der Waals surface area contributed by atoms with E-state index < -0.39 is 6.17 Å². The van der Waals surface area contributed by atoms with Gasteiger partial charge in [-0.25, -0.2) is 4.39 Å². The monoisotopic (exact) mass is 232 g/mol. The second-order valence-electron chi connectivity index (χ2n) is 4.70. The van der Waals surface area contributed by atoms with E-state index in [4.69, 9.17) is 0 Å². The summed E-state index contributed by atoms with van der Waals surface area (Å²) in [6.45, 7) is 0. The lowest BCUT2D eigenvalue weighted by Crippen LogP contribution is -2.18. The average molecular weight is 232 g/mol. The van der Waals surface area contributed by atoms with Crippen LogP contribution in [0.1, 0.15) is 64.2 Å². The molecule has 2 atom stereocenters. The van der Waals surface area contributed by atoms with Gasteiger partial charge in [0, 0.05) is 5.25 Å². The Morgan fingerprint density at radius 2 is 1.27 bits per heavy atom. The Morgan fingerprint density at radius 3 is 1.80 bits per heavy atom. The van der Waals surface area contributed by atoms with Gasteiger partial charge in [0.25, 0.3) is 0 Å². The summed E-state index contributed by atoms with van der Waals surface area (Å²) in [6, 6.07) is 0. The molecular weight excluding hydrogens is 207 g/mol. The average Bonchev–Trinajstić information content (AvgIpc) is 2.23. The highest BCUT2D eigenvalue weighted by Crippen LogP contribution is 2.26. The van der Waals surface area contributed by atoms with Crippen molar-refractivity contribution in [3.8, 4) is 0 Å². The van der Waals surface area contributed by atoms with Gasteiger partial charge in [0.2, 0.25) is 0 Å². The summed E-state index contributed by atoms with van der Waals surface area (Å²) in [4.78, 5) is 0. The van der Waals surface area contributed by atoms with Crippen molar-refractivity contribution in [3.05, 3.63) is 0 Å². The quantitative estimate of drug-likeness (QED) is 0.615. The minimum atomic E-state index is -0.556. The first kappa shape index (κ1) is 13.3. The van der Waals surface area contributed by atoms with Crippen molar-refractivity contribution in [2.75, 3.05) is 6.26 Å². The fourth-order valence-electron chi connectivity index (χ4n) is 2.38. The van der Waals surface area contributed by atoms with Gasteiger partial charge in [-0.15, -0.1) is 0 Å².